The van der Waals surface area contributed by atoms with E-state index in [0.29, 0.717) is 13.0 Å². The lowest BCUT2D eigenvalue weighted by Crippen LogP contribution is -2.34. The molecule has 2 N–H and O–H groups in total. The minimum Gasteiger partial charge on any atom is -0.476 e. The van der Waals surface area contributed by atoms with E-state index in [0.717, 1.165) is 36.3 Å². The number of fused-ring (bicyclic) bond motifs is 1. The molecule has 8 nitrogen and oxygen atoms in total. The first-order chi connectivity index (χ1) is 13.2. The Morgan fingerprint density at radius 3 is 2.81 bits per heavy atom. The van der Waals surface area contributed by atoms with Gasteiger partial charge in [-0.3, -0.25) is 4.68 Å². The average Bonchev–Trinajstić information content (AvgIpc) is 3.34. The number of carbonyl (C=O) groups is 1. The lowest BCUT2D eigenvalue weighted by Gasteiger charge is -2.24. The van der Waals surface area contributed by atoms with Crippen LogP contribution in [0.25, 0.3) is 5.69 Å². The van der Waals surface area contributed by atoms with Crippen LogP contribution in [0.3, 0.4) is 0 Å². The molecular formula is C19H22N6O2. The number of aryl methyl sites for hydroxylation is 1. The first-order valence-corrected chi connectivity index (χ1v) is 9.15. The molecule has 0 bridgehead atoms. The van der Waals surface area contributed by atoms with Gasteiger partial charge in [0, 0.05) is 30.4 Å². The maximum absolute atomic E-state index is 11.5. The summed E-state index contributed by atoms with van der Waals surface area (Å²) in [5, 5.41) is 21.4. The number of aromatic nitrogens is 5. The van der Waals surface area contributed by atoms with Crippen molar-refractivity contribution in [2.75, 3.05) is 0 Å². The van der Waals surface area contributed by atoms with E-state index in [2.05, 4.69) is 32.6 Å². The van der Waals surface area contributed by atoms with E-state index in [9.17, 15) is 9.90 Å². The van der Waals surface area contributed by atoms with Crippen LogP contribution in [0.15, 0.2) is 36.9 Å². The average molecular weight is 366 g/mol. The molecule has 0 amide bonds. The molecule has 1 aliphatic carbocycles. The number of nitrogens with zero attached hydrogens (tertiary/aromatic N) is 5. The number of rotatable bonds is 6. The standard InChI is InChI=1S/C19H22N6O2/c1-2-24-17-8-5-14(9-16(17)18(23-24)19(26)27)21-10-13-3-6-15(7-4-13)25-12-20-11-22-25/h3-4,6-7,11-12,14,21H,2,5,8-10H2,1H3,(H,26,27). The van der Waals surface area contributed by atoms with Crippen molar-refractivity contribution < 1.29 is 9.90 Å². The van der Waals surface area contributed by atoms with Crippen LogP contribution in [0.1, 0.15) is 40.7 Å². The molecule has 2 heterocycles. The van der Waals surface area contributed by atoms with E-state index in [1.165, 1.54) is 11.9 Å². The van der Waals surface area contributed by atoms with Gasteiger partial charge in [0.1, 0.15) is 12.7 Å². The Hall–Kier alpha value is -3.00. The lowest BCUT2D eigenvalue weighted by molar-refractivity contribution is 0.0688. The molecule has 8 heteroatoms. The highest BCUT2D eigenvalue weighted by atomic mass is 16.4. The van der Waals surface area contributed by atoms with E-state index in [-0.39, 0.29) is 11.7 Å². The molecule has 0 aliphatic heterocycles. The van der Waals surface area contributed by atoms with Crippen molar-refractivity contribution in [3.8, 4) is 5.69 Å². The van der Waals surface area contributed by atoms with Gasteiger partial charge in [0.05, 0.1) is 5.69 Å². The first kappa shape index (κ1) is 17.4. The third-order valence-corrected chi connectivity index (χ3v) is 5.06. The third-order valence-electron chi connectivity index (χ3n) is 5.06. The topological polar surface area (TPSA) is 97.9 Å². The van der Waals surface area contributed by atoms with Crippen LogP contribution < -0.4 is 5.32 Å². The number of benzene rings is 1. The van der Waals surface area contributed by atoms with E-state index in [1.807, 2.05) is 23.7 Å². The zero-order valence-electron chi connectivity index (χ0n) is 15.2. The number of aromatic carboxylic acids is 1. The van der Waals surface area contributed by atoms with Gasteiger partial charge in [0.15, 0.2) is 5.69 Å². The van der Waals surface area contributed by atoms with Gasteiger partial charge >= 0.3 is 5.97 Å². The summed E-state index contributed by atoms with van der Waals surface area (Å²) < 4.78 is 3.55. The second-order valence-electron chi connectivity index (χ2n) is 6.72. The molecule has 140 valence electrons. The zero-order valence-corrected chi connectivity index (χ0v) is 15.2. The Bertz CT molecular complexity index is 930. The van der Waals surface area contributed by atoms with Crippen LogP contribution in [0.5, 0.6) is 0 Å². The molecule has 1 unspecified atom stereocenters. The van der Waals surface area contributed by atoms with Gasteiger partial charge in [-0.2, -0.15) is 10.2 Å². The molecule has 1 aliphatic rings. The fourth-order valence-corrected chi connectivity index (χ4v) is 3.67. The Labute approximate surface area is 156 Å². The monoisotopic (exact) mass is 366 g/mol. The quantitative estimate of drug-likeness (QED) is 0.691. The molecule has 2 aromatic heterocycles. The van der Waals surface area contributed by atoms with Gasteiger partial charge in [-0.05, 0) is 43.9 Å². The summed E-state index contributed by atoms with van der Waals surface area (Å²) in [6, 6.07) is 8.41. The second kappa shape index (κ2) is 7.32. The molecule has 27 heavy (non-hydrogen) atoms. The van der Waals surface area contributed by atoms with E-state index >= 15 is 0 Å². The molecule has 0 spiro atoms. The van der Waals surface area contributed by atoms with Crippen LogP contribution in [0, 0.1) is 0 Å². The van der Waals surface area contributed by atoms with Gasteiger partial charge in [-0.25, -0.2) is 14.5 Å². The molecule has 4 rings (SSSR count). The van der Waals surface area contributed by atoms with E-state index < -0.39 is 5.97 Å². The summed E-state index contributed by atoms with van der Waals surface area (Å²) in [7, 11) is 0. The second-order valence-corrected chi connectivity index (χ2v) is 6.72. The molecule has 0 saturated carbocycles. The van der Waals surface area contributed by atoms with E-state index in [4.69, 9.17) is 0 Å². The third kappa shape index (κ3) is 3.48. The van der Waals surface area contributed by atoms with Crippen molar-refractivity contribution in [2.24, 2.45) is 0 Å². The van der Waals surface area contributed by atoms with Crippen molar-refractivity contribution in [1.82, 2.24) is 29.9 Å². The number of hydrogen-bond donors (Lipinski definition) is 2. The number of nitrogens with one attached hydrogen (secondary N) is 1. The predicted molar refractivity (Wildman–Crippen MR) is 98.9 cm³/mol. The largest absolute Gasteiger partial charge is 0.476 e. The van der Waals surface area contributed by atoms with Gasteiger partial charge < -0.3 is 10.4 Å². The Kier molecular flexibility index (Phi) is 4.72. The number of carboxylic acid groups (broad SMARTS) is 1. The molecular weight excluding hydrogens is 344 g/mol. The Balaban J connectivity index is 1.42. The summed E-state index contributed by atoms with van der Waals surface area (Å²) in [6.07, 6.45) is 5.72. The maximum atomic E-state index is 11.5. The normalized spacial score (nSPS) is 16.3. The fraction of sp³-hybridized carbons (Fsp3) is 0.368. The number of carboxylic acids is 1. The smallest absolute Gasteiger partial charge is 0.356 e. The molecule has 0 radical (unpaired) electrons. The minimum atomic E-state index is -0.942. The summed E-state index contributed by atoms with van der Waals surface area (Å²) in [4.78, 5) is 15.5. The van der Waals surface area contributed by atoms with Crippen molar-refractivity contribution in [1.29, 1.82) is 0 Å². The Morgan fingerprint density at radius 2 is 2.15 bits per heavy atom. The van der Waals surface area contributed by atoms with Gasteiger partial charge in [0.25, 0.3) is 0 Å². The Morgan fingerprint density at radius 1 is 1.33 bits per heavy atom. The summed E-state index contributed by atoms with van der Waals surface area (Å²) in [6.45, 7) is 3.43. The molecule has 1 aromatic carbocycles. The van der Waals surface area contributed by atoms with Crippen LogP contribution in [-0.2, 0) is 25.9 Å². The SMILES string of the molecule is CCn1nc(C(=O)O)c2c1CCC(NCc1ccc(-n3cncn3)cc1)C2. The summed E-state index contributed by atoms with van der Waals surface area (Å²) in [5.41, 5.74) is 4.30. The minimum absolute atomic E-state index is 0.204. The zero-order chi connectivity index (χ0) is 18.8. The van der Waals surface area contributed by atoms with Crippen LogP contribution in [0.4, 0.5) is 0 Å². The van der Waals surface area contributed by atoms with Crippen LogP contribution in [-0.4, -0.2) is 41.7 Å². The fourth-order valence-electron chi connectivity index (χ4n) is 3.67. The van der Waals surface area contributed by atoms with Gasteiger partial charge in [-0.15, -0.1) is 0 Å². The predicted octanol–water partition coefficient (Wildman–Crippen LogP) is 1.83. The van der Waals surface area contributed by atoms with Crippen molar-refractivity contribution in [3.63, 3.8) is 0 Å². The number of hydrogen-bond acceptors (Lipinski definition) is 5. The highest BCUT2D eigenvalue weighted by Gasteiger charge is 2.28. The maximum Gasteiger partial charge on any atom is 0.356 e. The molecule has 3 aromatic rings. The van der Waals surface area contributed by atoms with Crippen molar-refractivity contribution in [3.05, 3.63) is 59.4 Å². The highest BCUT2D eigenvalue weighted by molar-refractivity contribution is 5.87. The van der Waals surface area contributed by atoms with E-state index in [1.54, 1.807) is 11.0 Å². The van der Waals surface area contributed by atoms with Crippen molar-refractivity contribution in [2.45, 2.75) is 45.3 Å². The summed E-state index contributed by atoms with van der Waals surface area (Å²) in [5.74, 6) is -0.942. The lowest BCUT2D eigenvalue weighted by atomic mass is 9.91. The highest BCUT2D eigenvalue weighted by Crippen LogP contribution is 2.25. The molecule has 1 atom stereocenters. The van der Waals surface area contributed by atoms with Crippen LogP contribution in [0.2, 0.25) is 0 Å². The molecule has 0 fully saturated rings. The van der Waals surface area contributed by atoms with Gasteiger partial charge in [0.2, 0.25) is 0 Å². The van der Waals surface area contributed by atoms with Crippen LogP contribution >= 0.6 is 0 Å². The molecule has 0 saturated heterocycles. The first-order valence-electron chi connectivity index (χ1n) is 9.15. The summed E-state index contributed by atoms with van der Waals surface area (Å²) >= 11 is 0. The van der Waals surface area contributed by atoms with Gasteiger partial charge in [-0.1, -0.05) is 12.1 Å². The van der Waals surface area contributed by atoms with Crippen molar-refractivity contribution >= 4 is 5.97 Å².